The fraction of sp³-hybridized carbons (Fsp3) is 0.167. The Balaban J connectivity index is 1.94. The SMILES string of the molecule is CC(=O)OC1=C2C(=[NH+]c3c(c(=O)n(C)c(O)[n+]3C)C2c2ccc(Cl)cc2)c2ccccc21. The van der Waals surface area contributed by atoms with Crippen molar-refractivity contribution in [3.05, 3.63) is 91.7 Å². The number of allylic oxidation sites excluding steroid dienone is 1. The Morgan fingerprint density at radius 2 is 1.81 bits per heavy atom. The second kappa shape index (κ2) is 7.17. The summed E-state index contributed by atoms with van der Waals surface area (Å²) in [4.78, 5) is 28.8. The molecule has 0 fully saturated rings. The number of halogens is 1. The third-order valence-electron chi connectivity index (χ3n) is 5.95. The molecule has 2 N–H and O–H groups in total. The molecule has 1 aromatic heterocycles. The number of ether oxygens (including phenoxy) is 1. The second-order valence-electron chi connectivity index (χ2n) is 7.85. The van der Waals surface area contributed by atoms with E-state index in [1.54, 1.807) is 19.2 Å². The molecule has 3 aromatic rings. The smallest absolute Gasteiger partial charge is 0.445 e. The highest BCUT2D eigenvalue weighted by molar-refractivity contribution is 6.30. The third kappa shape index (κ3) is 2.81. The first-order valence-electron chi connectivity index (χ1n) is 10.0. The zero-order chi connectivity index (χ0) is 22.7. The number of fused-ring (bicyclic) bond motifs is 4. The summed E-state index contributed by atoms with van der Waals surface area (Å²) in [6.07, 6.45) is 0. The maximum absolute atomic E-state index is 13.4. The number of hydrogen-bond acceptors (Lipinski definition) is 4. The maximum atomic E-state index is 13.4. The average Bonchev–Trinajstić information content (AvgIpc) is 3.08. The summed E-state index contributed by atoms with van der Waals surface area (Å²) >= 11 is 6.13. The molecule has 0 saturated heterocycles. The van der Waals surface area contributed by atoms with Crippen LogP contribution >= 0.6 is 11.6 Å². The number of benzene rings is 2. The second-order valence-corrected chi connectivity index (χ2v) is 8.29. The van der Waals surface area contributed by atoms with Crippen molar-refractivity contribution in [1.82, 2.24) is 4.57 Å². The molecule has 2 aromatic carbocycles. The summed E-state index contributed by atoms with van der Waals surface area (Å²) < 4.78 is 8.45. The molecule has 1 atom stereocenters. The average molecular weight is 450 g/mol. The molecule has 8 heteroatoms. The van der Waals surface area contributed by atoms with Crippen molar-refractivity contribution in [2.45, 2.75) is 12.8 Å². The maximum Gasteiger partial charge on any atom is 0.462 e. The van der Waals surface area contributed by atoms with E-state index in [4.69, 9.17) is 16.3 Å². The first-order valence-corrected chi connectivity index (χ1v) is 10.4. The molecule has 160 valence electrons. The van der Waals surface area contributed by atoms with Gasteiger partial charge in [-0.05, 0) is 23.8 Å². The van der Waals surface area contributed by atoms with Crippen molar-refractivity contribution >= 4 is 34.9 Å². The highest BCUT2D eigenvalue weighted by atomic mass is 35.5. The molecule has 0 saturated carbocycles. The molecule has 0 bridgehead atoms. The summed E-state index contributed by atoms with van der Waals surface area (Å²) in [5.41, 5.74) is 3.93. The van der Waals surface area contributed by atoms with Gasteiger partial charge in [-0.25, -0.2) is 4.57 Å². The first kappa shape index (κ1) is 20.2. The molecule has 5 rings (SSSR count). The van der Waals surface area contributed by atoms with Crippen LogP contribution in [-0.4, -0.2) is 21.4 Å². The fourth-order valence-electron chi connectivity index (χ4n) is 4.51. The molecule has 1 unspecified atom stereocenters. The van der Waals surface area contributed by atoms with Gasteiger partial charge in [0.2, 0.25) is 5.71 Å². The van der Waals surface area contributed by atoms with Crippen LogP contribution in [-0.2, 0) is 23.6 Å². The number of hydrogen-bond donors (Lipinski definition) is 2. The predicted octanol–water partition coefficient (Wildman–Crippen LogP) is 1.20. The van der Waals surface area contributed by atoms with Gasteiger partial charge in [0, 0.05) is 24.6 Å². The first-order chi connectivity index (χ1) is 15.3. The van der Waals surface area contributed by atoms with Crippen LogP contribution in [0.3, 0.4) is 0 Å². The minimum Gasteiger partial charge on any atom is -0.445 e. The minimum absolute atomic E-state index is 0.185. The Morgan fingerprint density at radius 1 is 1.16 bits per heavy atom. The van der Waals surface area contributed by atoms with Crippen molar-refractivity contribution in [3.63, 3.8) is 0 Å². The summed E-state index contributed by atoms with van der Waals surface area (Å²) in [6, 6.07) is 14.6. The van der Waals surface area contributed by atoms with E-state index < -0.39 is 11.9 Å². The number of aromatic nitrogens is 2. The van der Waals surface area contributed by atoms with Crippen LogP contribution in [0, 0.1) is 0 Å². The van der Waals surface area contributed by atoms with Crippen LogP contribution in [0.1, 0.15) is 35.1 Å². The lowest BCUT2D eigenvalue weighted by molar-refractivity contribution is -0.723. The van der Waals surface area contributed by atoms with E-state index in [1.165, 1.54) is 23.1 Å². The molecule has 0 radical (unpaired) electrons. The van der Waals surface area contributed by atoms with E-state index in [-0.39, 0.29) is 11.6 Å². The van der Waals surface area contributed by atoms with Crippen LogP contribution in [0.15, 0.2) is 58.9 Å². The predicted molar refractivity (Wildman–Crippen MR) is 118 cm³/mol. The van der Waals surface area contributed by atoms with Crippen LogP contribution < -0.4 is 15.1 Å². The van der Waals surface area contributed by atoms with Gasteiger partial charge < -0.3 is 9.84 Å². The van der Waals surface area contributed by atoms with Gasteiger partial charge in [-0.1, -0.05) is 46.5 Å². The van der Waals surface area contributed by atoms with Crippen LogP contribution in [0.5, 0.6) is 6.01 Å². The number of nitrogens with zero attached hydrogens (tertiary/aromatic N) is 2. The molecule has 2 heterocycles. The standard InChI is InChI=1S/C24H18ClN3O4/c1-12(29)32-21-16-7-5-4-6-15(16)20-18(21)17(13-8-10-14(25)11-9-13)19-22(26-20)27(2)24(31)28(3)23(19)30/h4-11,17H,1-3H3/p+2. The molecule has 7 nitrogen and oxygen atoms in total. The van der Waals surface area contributed by atoms with E-state index >= 15 is 0 Å². The molecular weight excluding hydrogens is 430 g/mol. The van der Waals surface area contributed by atoms with Gasteiger partial charge in [-0.2, -0.15) is 0 Å². The Labute approximate surface area is 188 Å². The third-order valence-corrected chi connectivity index (χ3v) is 6.20. The van der Waals surface area contributed by atoms with Gasteiger partial charge in [0.05, 0.1) is 17.1 Å². The number of carbonyl (C=O) groups excluding carboxylic acids is 1. The highest BCUT2D eigenvalue weighted by Gasteiger charge is 2.49. The Bertz CT molecular complexity index is 1430. The summed E-state index contributed by atoms with van der Waals surface area (Å²) in [5.74, 6) is -0.110. The van der Waals surface area contributed by atoms with Crippen molar-refractivity contribution in [2.75, 3.05) is 0 Å². The van der Waals surface area contributed by atoms with Crippen LogP contribution in [0.2, 0.25) is 5.02 Å². The van der Waals surface area contributed by atoms with Crippen LogP contribution in [0.4, 0.5) is 5.82 Å². The molecule has 0 spiro atoms. The van der Waals surface area contributed by atoms with Gasteiger partial charge in [-0.3, -0.25) is 9.59 Å². The molecule has 2 aliphatic rings. The number of rotatable bonds is 2. The lowest BCUT2D eigenvalue weighted by atomic mass is 9.81. The zero-order valence-corrected chi connectivity index (χ0v) is 18.4. The summed E-state index contributed by atoms with van der Waals surface area (Å²) in [5, 5.41) is 11.1. The zero-order valence-electron chi connectivity index (χ0n) is 17.6. The molecular formula is C24H20ClN3O4+2. The number of esters is 1. The fourth-order valence-corrected chi connectivity index (χ4v) is 4.63. The molecule has 1 aliphatic carbocycles. The highest BCUT2D eigenvalue weighted by Crippen LogP contribution is 2.44. The molecule has 0 amide bonds. The summed E-state index contributed by atoms with van der Waals surface area (Å²) in [6.45, 7) is 1.35. The van der Waals surface area contributed by atoms with Gasteiger partial charge in [0.25, 0.3) is 5.56 Å². The topological polar surface area (TPSA) is 86.4 Å². The Kier molecular flexibility index (Phi) is 4.53. The van der Waals surface area contributed by atoms with Crippen LogP contribution in [0.25, 0.3) is 5.76 Å². The van der Waals surface area contributed by atoms with Crippen molar-refractivity contribution < 1.29 is 24.2 Å². The minimum atomic E-state index is -0.550. The molecule has 1 aliphatic heterocycles. The van der Waals surface area contributed by atoms with Crippen molar-refractivity contribution in [2.24, 2.45) is 14.1 Å². The van der Waals surface area contributed by atoms with Gasteiger partial charge in [-0.15, -0.1) is 4.99 Å². The van der Waals surface area contributed by atoms with Gasteiger partial charge >= 0.3 is 17.8 Å². The lowest BCUT2D eigenvalue weighted by Gasteiger charge is -2.21. The quantitative estimate of drug-likeness (QED) is 0.455. The normalized spacial score (nSPS) is 16.2. The van der Waals surface area contributed by atoms with Gasteiger partial charge in [0.1, 0.15) is 5.76 Å². The van der Waals surface area contributed by atoms with Crippen molar-refractivity contribution in [1.29, 1.82) is 0 Å². The van der Waals surface area contributed by atoms with Crippen molar-refractivity contribution in [3.8, 4) is 6.01 Å². The van der Waals surface area contributed by atoms with E-state index in [1.807, 2.05) is 36.4 Å². The number of carbonyl (C=O) groups is 1. The largest absolute Gasteiger partial charge is 0.462 e. The van der Waals surface area contributed by atoms with Gasteiger partial charge in [0.15, 0.2) is 12.6 Å². The summed E-state index contributed by atoms with van der Waals surface area (Å²) in [7, 11) is 3.20. The number of aromatic hydroxyl groups is 1. The lowest BCUT2D eigenvalue weighted by Crippen LogP contribution is -2.75. The Hall–Kier alpha value is -3.71. The van der Waals surface area contributed by atoms with E-state index in [0.717, 1.165) is 22.4 Å². The van der Waals surface area contributed by atoms with E-state index in [0.29, 0.717) is 27.7 Å². The number of nitrogens with one attached hydrogen (secondary N) is 1. The Morgan fingerprint density at radius 3 is 2.47 bits per heavy atom. The molecule has 32 heavy (non-hydrogen) atoms. The monoisotopic (exact) mass is 449 g/mol. The van der Waals surface area contributed by atoms with E-state index in [2.05, 4.69) is 4.99 Å². The van der Waals surface area contributed by atoms with E-state index in [9.17, 15) is 14.7 Å².